The molecule has 22 heavy (non-hydrogen) atoms. The van der Waals surface area contributed by atoms with Gasteiger partial charge >= 0.3 is 0 Å². The normalized spacial score (nSPS) is 10.9. The van der Waals surface area contributed by atoms with Crippen LogP contribution in [0.15, 0.2) is 42.5 Å². The summed E-state index contributed by atoms with van der Waals surface area (Å²) >= 11 is 0. The Morgan fingerprint density at radius 3 is 2.59 bits per heavy atom. The molecule has 0 aliphatic heterocycles. The van der Waals surface area contributed by atoms with Gasteiger partial charge in [-0.15, -0.1) is 0 Å². The summed E-state index contributed by atoms with van der Waals surface area (Å²) in [5, 5.41) is 4.10. The molecule has 3 heteroatoms. The number of rotatable bonds is 3. The van der Waals surface area contributed by atoms with E-state index in [0.717, 1.165) is 22.0 Å². The highest BCUT2D eigenvalue weighted by Gasteiger charge is 2.14. The molecule has 112 valence electrons. The van der Waals surface area contributed by atoms with Crippen molar-refractivity contribution in [3.63, 3.8) is 0 Å². The SMILES string of the molecule is Cc1cccc(CNC(=O)c2[nH]c3ccc(C)cc3c2C)c1. The van der Waals surface area contributed by atoms with E-state index in [4.69, 9.17) is 0 Å². The maximum atomic E-state index is 12.4. The fourth-order valence-corrected chi connectivity index (χ4v) is 2.76. The molecule has 2 aromatic carbocycles. The number of aromatic nitrogens is 1. The van der Waals surface area contributed by atoms with Crippen molar-refractivity contribution in [1.29, 1.82) is 0 Å². The van der Waals surface area contributed by atoms with E-state index in [1.54, 1.807) is 0 Å². The van der Waals surface area contributed by atoms with Crippen LogP contribution in [-0.4, -0.2) is 10.9 Å². The summed E-state index contributed by atoms with van der Waals surface area (Å²) < 4.78 is 0. The zero-order valence-corrected chi connectivity index (χ0v) is 13.2. The molecule has 0 unspecified atom stereocenters. The van der Waals surface area contributed by atoms with Crippen LogP contribution >= 0.6 is 0 Å². The molecule has 0 spiro atoms. The Hall–Kier alpha value is -2.55. The highest BCUT2D eigenvalue weighted by molar-refractivity contribution is 6.00. The van der Waals surface area contributed by atoms with E-state index >= 15 is 0 Å². The molecule has 0 saturated carbocycles. The molecule has 1 amide bonds. The van der Waals surface area contributed by atoms with Crippen molar-refractivity contribution in [2.75, 3.05) is 0 Å². The van der Waals surface area contributed by atoms with Crippen molar-refractivity contribution in [1.82, 2.24) is 10.3 Å². The number of benzene rings is 2. The molecule has 1 heterocycles. The Labute approximate surface area is 130 Å². The Bertz CT molecular complexity index is 846. The molecule has 0 aliphatic carbocycles. The van der Waals surface area contributed by atoms with Crippen LogP contribution in [0.5, 0.6) is 0 Å². The average molecular weight is 292 g/mol. The first-order valence-electron chi connectivity index (χ1n) is 7.47. The largest absolute Gasteiger partial charge is 0.350 e. The predicted molar refractivity (Wildman–Crippen MR) is 90.1 cm³/mol. The lowest BCUT2D eigenvalue weighted by Crippen LogP contribution is -2.23. The van der Waals surface area contributed by atoms with Gasteiger partial charge in [0.2, 0.25) is 0 Å². The minimum atomic E-state index is -0.0622. The summed E-state index contributed by atoms with van der Waals surface area (Å²) in [6.07, 6.45) is 0. The molecule has 3 nitrogen and oxygen atoms in total. The Morgan fingerprint density at radius 1 is 1.05 bits per heavy atom. The zero-order chi connectivity index (χ0) is 15.7. The molecule has 3 aromatic rings. The van der Waals surface area contributed by atoms with Crippen molar-refractivity contribution in [2.24, 2.45) is 0 Å². The van der Waals surface area contributed by atoms with Gasteiger partial charge in [0.05, 0.1) is 0 Å². The van der Waals surface area contributed by atoms with Crippen LogP contribution in [0.3, 0.4) is 0 Å². The topological polar surface area (TPSA) is 44.9 Å². The van der Waals surface area contributed by atoms with Crippen LogP contribution in [-0.2, 0) is 6.54 Å². The number of carbonyl (C=O) groups excluding carboxylic acids is 1. The summed E-state index contributed by atoms with van der Waals surface area (Å²) in [4.78, 5) is 15.7. The Balaban J connectivity index is 1.82. The molecular weight excluding hydrogens is 272 g/mol. The van der Waals surface area contributed by atoms with Gasteiger partial charge < -0.3 is 10.3 Å². The van der Waals surface area contributed by atoms with Gasteiger partial charge in [-0.3, -0.25) is 4.79 Å². The monoisotopic (exact) mass is 292 g/mol. The van der Waals surface area contributed by atoms with Crippen molar-refractivity contribution in [3.8, 4) is 0 Å². The van der Waals surface area contributed by atoms with E-state index in [9.17, 15) is 4.79 Å². The number of hydrogen-bond acceptors (Lipinski definition) is 1. The number of amides is 1. The summed E-state index contributed by atoms with van der Waals surface area (Å²) in [5.41, 5.74) is 6.15. The van der Waals surface area contributed by atoms with Gasteiger partial charge in [-0.25, -0.2) is 0 Å². The van der Waals surface area contributed by atoms with Crippen LogP contribution < -0.4 is 5.32 Å². The van der Waals surface area contributed by atoms with E-state index in [1.807, 2.05) is 31.2 Å². The second-order valence-electron chi connectivity index (χ2n) is 5.85. The number of aryl methyl sites for hydroxylation is 3. The minimum absolute atomic E-state index is 0.0622. The van der Waals surface area contributed by atoms with Gasteiger partial charge in [-0.2, -0.15) is 0 Å². The zero-order valence-electron chi connectivity index (χ0n) is 13.2. The van der Waals surface area contributed by atoms with Gasteiger partial charge in [0.1, 0.15) is 5.69 Å². The fourth-order valence-electron chi connectivity index (χ4n) is 2.76. The van der Waals surface area contributed by atoms with Crippen molar-refractivity contribution in [2.45, 2.75) is 27.3 Å². The summed E-state index contributed by atoms with van der Waals surface area (Å²) in [6, 6.07) is 14.3. The third-order valence-electron chi connectivity index (χ3n) is 3.98. The molecule has 3 rings (SSSR count). The molecule has 0 fully saturated rings. The molecule has 0 bridgehead atoms. The maximum Gasteiger partial charge on any atom is 0.268 e. The minimum Gasteiger partial charge on any atom is -0.350 e. The number of hydrogen-bond donors (Lipinski definition) is 2. The Kier molecular flexibility index (Phi) is 3.72. The molecule has 0 atom stereocenters. The molecular formula is C19H20N2O. The van der Waals surface area contributed by atoms with Crippen LogP contribution in [0, 0.1) is 20.8 Å². The maximum absolute atomic E-state index is 12.4. The highest BCUT2D eigenvalue weighted by atomic mass is 16.1. The van der Waals surface area contributed by atoms with Crippen molar-refractivity contribution >= 4 is 16.8 Å². The lowest BCUT2D eigenvalue weighted by Gasteiger charge is -2.06. The number of nitrogens with one attached hydrogen (secondary N) is 2. The number of carbonyl (C=O) groups is 1. The average Bonchev–Trinajstić information content (AvgIpc) is 2.82. The molecule has 2 N–H and O–H groups in total. The highest BCUT2D eigenvalue weighted by Crippen LogP contribution is 2.22. The van der Waals surface area contributed by atoms with Crippen LogP contribution in [0.25, 0.3) is 10.9 Å². The summed E-state index contributed by atoms with van der Waals surface area (Å²) in [6.45, 7) is 6.63. The van der Waals surface area contributed by atoms with Gasteiger partial charge in [-0.1, -0.05) is 41.5 Å². The van der Waals surface area contributed by atoms with Gasteiger partial charge in [-0.05, 0) is 44.0 Å². The van der Waals surface area contributed by atoms with Crippen LogP contribution in [0.4, 0.5) is 0 Å². The molecule has 0 radical (unpaired) electrons. The summed E-state index contributed by atoms with van der Waals surface area (Å²) in [5.74, 6) is -0.0622. The first-order chi connectivity index (χ1) is 10.5. The number of aromatic amines is 1. The quantitative estimate of drug-likeness (QED) is 0.752. The van der Waals surface area contributed by atoms with E-state index in [-0.39, 0.29) is 5.91 Å². The van der Waals surface area contributed by atoms with E-state index in [2.05, 4.69) is 42.3 Å². The third kappa shape index (κ3) is 2.75. The Morgan fingerprint density at radius 2 is 1.82 bits per heavy atom. The molecule has 0 aliphatic rings. The van der Waals surface area contributed by atoms with Crippen LogP contribution in [0.1, 0.15) is 32.7 Å². The van der Waals surface area contributed by atoms with Crippen molar-refractivity contribution < 1.29 is 4.79 Å². The number of H-pyrrole nitrogens is 1. The standard InChI is InChI=1S/C19H20N2O/c1-12-5-4-6-15(9-12)11-20-19(22)18-14(3)16-10-13(2)7-8-17(16)21-18/h4-10,21H,11H2,1-3H3,(H,20,22). The van der Waals surface area contributed by atoms with Crippen LogP contribution in [0.2, 0.25) is 0 Å². The summed E-state index contributed by atoms with van der Waals surface area (Å²) in [7, 11) is 0. The fraction of sp³-hybridized carbons (Fsp3) is 0.211. The molecule has 1 aromatic heterocycles. The van der Waals surface area contributed by atoms with E-state index in [0.29, 0.717) is 12.2 Å². The number of fused-ring (bicyclic) bond motifs is 1. The second kappa shape index (κ2) is 5.68. The predicted octanol–water partition coefficient (Wildman–Crippen LogP) is 4.02. The van der Waals surface area contributed by atoms with Gasteiger partial charge in [0.25, 0.3) is 5.91 Å². The van der Waals surface area contributed by atoms with Gasteiger partial charge in [0.15, 0.2) is 0 Å². The molecule has 0 saturated heterocycles. The van der Waals surface area contributed by atoms with Crippen molar-refractivity contribution in [3.05, 3.63) is 70.4 Å². The lowest BCUT2D eigenvalue weighted by molar-refractivity contribution is 0.0946. The third-order valence-corrected chi connectivity index (χ3v) is 3.98. The first kappa shape index (κ1) is 14.4. The smallest absolute Gasteiger partial charge is 0.268 e. The second-order valence-corrected chi connectivity index (χ2v) is 5.85. The first-order valence-corrected chi connectivity index (χ1v) is 7.47. The lowest BCUT2D eigenvalue weighted by atomic mass is 10.1. The van der Waals surface area contributed by atoms with Gasteiger partial charge in [0, 0.05) is 17.4 Å². The van der Waals surface area contributed by atoms with E-state index < -0.39 is 0 Å². The van der Waals surface area contributed by atoms with E-state index in [1.165, 1.54) is 11.1 Å².